The molecule has 26 heavy (non-hydrogen) atoms. The summed E-state index contributed by atoms with van der Waals surface area (Å²) >= 11 is 2.61. The molecule has 0 saturated heterocycles. The van der Waals surface area contributed by atoms with E-state index in [1.807, 2.05) is 13.8 Å². The molecule has 0 fully saturated rings. The van der Waals surface area contributed by atoms with Crippen LogP contribution in [0.2, 0.25) is 0 Å². The molecule has 0 aliphatic carbocycles. The Morgan fingerprint density at radius 3 is 2.62 bits per heavy atom. The van der Waals surface area contributed by atoms with Gasteiger partial charge in [0, 0.05) is 11.3 Å². The van der Waals surface area contributed by atoms with Crippen molar-refractivity contribution in [3.8, 4) is 0 Å². The van der Waals surface area contributed by atoms with Gasteiger partial charge in [0.25, 0.3) is 0 Å². The third-order valence-electron chi connectivity index (χ3n) is 2.86. The summed E-state index contributed by atoms with van der Waals surface area (Å²) in [5.74, 6) is -2.67. The standard InChI is InChI=1S/C14H16F2N4O3S3/c1-8(2)24-14-19-18-13(25-14)17-12(21)7-20(26(3,22)23)11-5-4-9(15)6-10(11)16/h4-6,8H,7H2,1-3H3,(H,17,18,21). The van der Waals surface area contributed by atoms with Crippen molar-refractivity contribution in [3.63, 3.8) is 0 Å². The van der Waals surface area contributed by atoms with Crippen molar-refractivity contribution < 1.29 is 22.0 Å². The highest BCUT2D eigenvalue weighted by Gasteiger charge is 2.24. The van der Waals surface area contributed by atoms with E-state index in [2.05, 4.69) is 15.5 Å². The van der Waals surface area contributed by atoms with Gasteiger partial charge in [-0.3, -0.25) is 14.4 Å². The highest BCUT2D eigenvalue weighted by atomic mass is 32.2. The van der Waals surface area contributed by atoms with E-state index in [0.29, 0.717) is 14.7 Å². The van der Waals surface area contributed by atoms with Crippen LogP contribution in [0.5, 0.6) is 0 Å². The molecule has 1 amide bonds. The first kappa shape index (κ1) is 20.5. The van der Waals surface area contributed by atoms with E-state index in [-0.39, 0.29) is 10.4 Å². The molecule has 7 nitrogen and oxygen atoms in total. The van der Waals surface area contributed by atoms with Crippen molar-refractivity contribution in [1.29, 1.82) is 0 Å². The number of nitrogens with one attached hydrogen (secondary N) is 1. The summed E-state index contributed by atoms with van der Waals surface area (Å²) in [6.07, 6.45) is 0.825. The zero-order valence-corrected chi connectivity index (χ0v) is 16.5. The Hall–Kier alpha value is -1.79. The minimum atomic E-state index is -3.98. The molecule has 1 heterocycles. The summed E-state index contributed by atoms with van der Waals surface area (Å²) in [4.78, 5) is 12.2. The molecule has 0 aliphatic rings. The van der Waals surface area contributed by atoms with Crippen LogP contribution < -0.4 is 9.62 Å². The number of carbonyl (C=O) groups is 1. The fourth-order valence-electron chi connectivity index (χ4n) is 1.86. The third-order valence-corrected chi connectivity index (χ3v) is 5.91. The van der Waals surface area contributed by atoms with Gasteiger partial charge in [0.05, 0.1) is 11.9 Å². The van der Waals surface area contributed by atoms with Crippen molar-refractivity contribution in [2.75, 3.05) is 22.4 Å². The summed E-state index contributed by atoms with van der Waals surface area (Å²) in [6, 6.07) is 2.42. The van der Waals surface area contributed by atoms with Crippen molar-refractivity contribution in [2.45, 2.75) is 23.4 Å². The van der Waals surface area contributed by atoms with Gasteiger partial charge in [0.15, 0.2) is 4.34 Å². The van der Waals surface area contributed by atoms with Gasteiger partial charge >= 0.3 is 0 Å². The fourth-order valence-corrected chi connectivity index (χ4v) is 4.71. The smallest absolute Gasteiger partial charge is 0.246 e. The van der Waals surface area contributed by atoms with Crippen LogP contribution in [-0.4, -0.2) is 42.6 Å². The molecule has 1 aromatic heterocycles. The van der Waals surface area contributed by atoms with E-state index in [1.54, 1.807) is 0 Å². The lowest BCUT2D eigenvalue weighted by atomic mass is 10.3. The van der Waals surface area contributed by atoms with Crippen LogP contribution in [0.1, 0.15) is 13.8 Å². The number of benzene rings is 1. The van der Waals surface area contributed by atoms with Gasteiger partial charge in [0.2, 0.25) is 21.1 Å². The Labute approximate surface area is 157 Å². The van der Waals surface area contributed by atoms with Crippen LogP contribution in [0.3, 0.4) is 0 Å². The summed E-state index contributed by atoms with van der Waals surface area (Å²) in [5, 5.41) is 10.6. The minimum Gasteiger partial charge on any atom is -0.299 e. The van der Waals surface area contributed by atoms with Crippen molar-refractivity contribution in [2.24, 2.45) is 0 Å². The van der Waals surface area contributed by atoms with Gasteiger partial charge < -0.3 is 0 Å². The number of carbonyl (C=O) groups excluding carboxylic acids is 1. The summed E-state index contributed by atoms with van der Waals surface area (Å²) < 4.78 is 52.1. The highest BCUT2D eigenvalue weighted by Crippen LogP contribution is 2.28. The van der Waals surface area contributed by atoms with Crippen molar-refractivity contribution in [3.05, 3.63) is 29.8 Å². The Balaban J connectivity index is 2.16. The summed E-state index contributed by atoms with van der Waals surface area (Å²) in [5.41, 5.74) is -0.419. The van der Waals surface area contributed by atoms with Crippen LogP contribution in [0, 0.1) is 11.6 Å². The fraction of sp³-hybridized carbons (Fsp3) is 0.357. The number of halogens is 2. The second kappa shape index (κ2) is 8.27. The van der Waals surface area contributed by atoms with E-state index in [0.717, 1.165) is 29.7 Å². The molecular weight excluding hydrogens is 406 g/mol. The van der Waals surface area contributed by atoms with Crippen molar-refractivity contribution >= 4 is 49.8 Å². The van der Waals surface area contributed by atoms with Gasteiger partial charge in [-0.05, 0) is 12.1 Å². The van der Waals surface area contributed by atoms with E-state index in [4.69, 9.17) is 0 Å². The maximum absolute atomic E-state index is 13.9. The SMILES string of the molecule is CC(C)Sc1nnc(NC(=O)CN(c2ccc(F)cc2F)S(C)(=O)=O)s1. The minimum absolute atomic E-state index is 0.200. The molecule has 12 heteroatoms. The molecule has 0 aliphatic heterocycles. The predicted octanol–water partition coefficient (Wildman–Crippen LogP) is 2.72. The second-order valence-electron chi connectivity index (χ2n) is 5.45. The highest BCUT2D eigenvalue weighted by molar-refractivity contribution is 8.01. The van der Waals surface area contributed by atoms with Crippen LogP contribution in [0.4, 0.5) is 19.6 Å². The first-order valence-corrected chi connectivity index (χ1v) is 10.8. The average Bonchev–Trinajstić information content (AvgIpc) is 2.90. The number of nitrogens with zero attached hydrogens (tertiary/aromatic N) is 3. The number of aromatic nitrogens is 2. The van der Waals surface area contributed by atoms with E-state index in [9.17, 15) is 22.0 Å². The molecule has 0 bridgehead atoms. The molecule has 0 saturated carbocycles. The molecule has 1 aromatic carbocycles. The Morgan fingerprint density at radius 1 is 1.35 bits per heavy atom. The van der Waals surface area contributed by atoms with Crippen molar-refractivity contribution in [1.82, 2.24) is 10.2 Å². The Kier molecular flexibility index (Phi) is 6.53. The van der Waals surface area contributed by atoms with Gasteiger partial charge in [0.1, 0.15) is 18.2 Å². The third kappa shape index (κ3) is 5.61. The first-order chi connectivity index (χ1) is 12.1. The lowest BCUT2D eigenvalue weighted by Gasteiger charge is -2.22. The van der Waals surface area contributed by atoms with Crippen LogP contribution in [0.25, 0.3) is 0 Å². The normalized spacial score (nSPS) is 11.6. The predicted molar refractivity (Wildman–Crippen MR) is 98.1 cm³/mol. The number of thioether (sulfide) groups is 1. The maximum Gasteiger partial charge on any atom is 0.246 e. The quantitative estimate of drug-likeness (QED) is 0.545. The Morgan fingerprint density at radius 2 is 2.04 bits per heavy atom. The largest absolute Gasteiger partial charge is 0.299 e. The number of hydrogen-bond donors (Lipinski definition) is 1. The zero-order chi connectivity index (χ0) is 19.5. The number of hydrogen-bond acceptors (Lipinski definition) is 7. The molecule has 0 radical (unpaired) electrons. The lowest BCUT2D eigenvalue weighted by molar-refractivity contribution is -0.114. The molecule has 0 spiro atoms. The molecular formula is C14H16F2N4O3S3. The summed E-state index contributed by atoms with van der Waals surface area (Å²) in [7, 11) is -3.98. The number of amides is 1. The first-order valence-electron chi connectivity index (χ1n) is 7.29. The molecule has 2 aromatic rings. The van der Waals surface area contributed by atoms with Gasteiger partial charge in [-0.25, -0.2) is 17.2 Å². The van der Waals surface area contributed by atoms with Gasteiger partial charge in [-0.15, -0.1) is 10.2 Å². The zero-order valence-electron chi connectivity index (χ0n) is 14.1. The van der Waals surface area contributed by atoms with Gasteiger partial charge in [-0.1, -0.05) is 36.9 Å². The van der Waals surface area contributed by atoms with E-state index >= 15 is 0 Å². The number of sulfonamides is 1. The monoisotopic (exact) mass is 422 g/mol. The molecule has 2 rings (SSSR count). The number of rotatable bonds is 7. The topological polar surface area (TPSA) is 92.3 Å². The Bertz CT molecular complexity index is 903. The molecule has 0 atom stereocenters. The molecule has 1 N–H and O–H groups in total. The number of anilines is 2. The average molecular weight is 423 g/mol. The molecule has 142 valence electrons. The molecule has 0 unspecified atom stereocenters. The van der Waals surface area contributed by atoms with E-state index < -0.39 is 39.8 Å². The summed E-state index contributed by atoms with van der Waals surface area (Å²) in [6.45, 7) is 3.27. The van der Waals surface area contributed by atoms with Crippen LogP contribution >= 0.6 is 23.1 Å². The van der Waals surface area contributed by atoms with Crippen LogP contribution in [-0.2, 0) is 14.8 Å². The van der Waals surface area contributed by atoms with Crippen LogP contribution in [0.15, 0.2) is 22.5 Å². The van der Waals surface area contributed by atoms with E-state index in [1.165, 1.54) is 11.8 Å². The second-order valence-corrected chi connectivity index (χ2v) is 10.2. The maximum atomic E-state index is 13.9. The van der Waals surface area contributed by atoms with Gasteiger partial charge in [-0.2, -0.15) is 0 Å². The lowest BCUT2D eigenvalue weighted by Crippen LogP contribution is -2.38.